The third-order valence-electron chi connectivity index (χ3n) is 8.90. The highest BCUT2D eigenvalue weighted by Gasteiger charge is 2.32. The van der Waals surface area contributed by atoms with E-state index in [9.17, 15) is 19.2 Å². The number of aromatic nitrogens is 2. The van der Waals surface area contributed by atoms with E-state index in [1.807, 2.05) is 24.3 Å². The van der Waals surface area contributed by atoms with Crippen molar-refractivity contribution < 1.29 is 47.6 Å². The molecule has 5 rings (SSSR count). The fraction of sp³-hybridized carbons (Fsp3) is 0.318. The van der Waals surface area contributed by atoms with Gasteiger partial charge in [-0.1, -0.05) is 37.4 Å². The second kappa shape index (κ2) is 21.6. The number of ether oxygens (including phenoxy) is 6. The Hall–Kier alpha value is -6.30. The zero-order valence-corrected chi connectivity index (χ0v) is 31.3. The Balaban J connectivity index is 1.06. The molecule has 2 aromatic carbocycles. The topological polar surface area (TPSA) is 149 Å². The van der Waals surface area contributed by atoms with Crippen molar-refractivity contribution in [2.75, 3.05) is 26.4 Å². The molecule has 0 radical (unpaired) electrons. The van der Waals surface area contributed by atoms with Gasteiger partial charge in [0.15, 0.2) is 0 Å². The summed E-state index contributed by atoms with van der Waals surface area (Å²) < 4.78 is 33.1. The van der Waals surface area contributed by atoms with Gasteiger partial charge in [-0.2, -0.15) is 0 Å². The molecule has 0 spiro atoms. The number of nitrogens with zero attached hydrogens (tertiary/aromatic N) is 2. The molecular weight excluding hydrogens is 716 g/mol. The van der Waals surface area contributed by atoms with E-state index in [0.717, 1.165) is 60.4 Å². The Labute approximate surface area is 326 Å². The van der Waals surface area contributed by atoms with E-state index in [4.69, 9.17) is 28.4 Å². The van der Waals surface area contributed by atoms with E-state index in [2.05, 4.69) is 23.1 Å². The second-order valence-electron chi connectivity index (χ2n) is 12.9. The lowest BCUT2D eigenvalue weighted by Crippen LogP contribution is -2.37. The lowest BCUT2D eigenvalue weighted by Gasteiger charge is -2.30. The van der Waals surface area contributed by atoms with E-state index >= 15 is 0 Å². The second-order valence-corrected chi connectivity index (χ2v) is 12.9. The van der Waals surface area contributed by atoms with Gasteiger partial charge < -0.3 is 28.4 Å². The predicted molar refractivity (Wildman–Crippen MR) is 208 cm³/mol. The monoisotopic (exact) mass is 762 g/mol. The Morgan fingerprint density at radius 1 is 0.554 bits per heavy atom. The van der Waals surface area contributed by atoms with Crippen LogP contribution in [0.3, 0.4) is 0 Å². The summed E-state index contributed by atoms with van der Waals surface area (Å²) >= 11 is 0. The summed E-state index contributed by atoms with van der Waals surface area (Å²) in [6.07, 6.45) is 10.1. The molecule has 1 aliphatic rings. The number of hydrogen-bond donors (Lipinski definition) is 0. The fourth-order valence-electron chi connectivity index (χ4n) is 5.82. The third kappa shape index (κ3) is 12.6. The molecule has 0 amide bonds. The zero-order valence-electron chi connectivity index (χ0n) is 31.3. The van der Waals surface area contributed by atoms with Gasteiger partial charge >= 0.3 is 23.9 Å². The van der Waals surface area contributed by atoms with Crippen LogP contribution in [0.4, 0.5) is 0 Å². The molecule has 56 heavy (non-hydrogen) atoms. The maximum absolute atomic E-state index is 13.2. The average molecular weight is 763 g/mol. The van der Waals surface area contributed by atoms with Gasteiger partial charge in [-0.25, -0.2) is 19.2 Å². The number of benzene rings is 2. The Morgan fingerprint density at radius 2 is 0.946 bits per heavy atom. The quantitative estimate of drug-likeness (QED) is 0.0373. The lowest BCUT2D eigenvalue weighted by atomic mass is 9.94. The van der Waals surface area contributed by atoms with Crippen LogP contribution >= 0.6 is 0 Å². The summed E-state index contributed by atoms with van der Waals surface area (Å²) in [5, 5.41) is 0. The molecule has 292 valence electrons. The first-order valence-corrected chi connectivity index (χ1v) is 18.7. The molecule has 0 saturated heterocycles. The molecule has 2 heterocycles. The van der Waals surface area contributed by atoms with Gasteiger partial charge in [0.05, 0.1) is 61.3 Å². The summed E-state index contributed by atoms with van der Waals surface area (Å²) in [6.45, 7) is 8.29. The molecule has 1 saturated carbocycles. The van der Waals surface area contributed by atoms with Gasteiger partial charge in [-0.15, -0.1) is 0 Å². The van der Waals surface area contributed by atoms with Crippen LogP contribution in [0.1, 0.15) is 72.1 Å². The Morgan fingerprint density at radius 3 is 1.30 bits per heavy atom. The number of unbranched alkanes of at least 4 members (excludes halogenated alkanes) is 2. The number of hydrogen-bond acceptors (Lipinski definition) is 12. The first kappa shape index (κ1) is 40.9. The van der Waals surface area contributed by atoms with Crippen LogP contribution in [0.5, 0.6) is 11.5 Å². The first-order chi connectivity index (χ1) is 27.3. The highest BCUT2D eigenvalue weighted by atomic mass is 16.6. The highest BCUT2D eigenvalue weighted by Crippen LogP contribution is 2.28. The van der Waals surface area contributed by atoms with Crippen LogP contribution in [0.15, 0.2) is 111 Å². The van der Waals surface area contributed by atoms with Crippen molar-refractivity contribution in [3.63, 3.8) is 0 Å². The minimum absolute atomic E-state index is 0.316. The molecule has 2 atom stereocenters. The molecule has 12 heteroatoms. The number of rotatable bonds is 20. The molecular formula is C44H46N2O10. The zero-order chi connectivity index (χ0) is 39.5. The van der Waals surface area contributed by atoms with E-state index in [-0.39, 0.29) is 0 Å². The van der Waals surface area contributed by atoms with Crippen molar-refractivity contribution in [2.45, 2.75) is 63.6 Å². The van der Waals surface area contributed by atoms with Gasteiger partial charge in [-0.3, -0.25) is 9.97 Å². The molecule has 12 nitrogen and oxygen atoms in total. The molecule has 1 aliphatic carbocycles. The van der Waals surface area contributed by atoms with Crippen LogP contribution in [-0.4, -0.2) is 72.5 Å². The molecule has 0 bridgehead atoms. The minimum Gasteiger partial charge on any atom is -0.492 e. The predicted octanol–water partition coefficient (Wildman–Crippen LogP) is 7.91. The minimum atomic E-state index is -0.560. The Bertz CT molecular complexity index is 1770. The van der Waals surface area contributed by atoms with Crippen molar-refractivity contribution in [2.24, 2.45) is 0 Å². The van der Waals surface area contributed by atoms with E-state index < -0.39 is 36.1 Å². The van der Waals surface area contributed by atoms with Crippen LogP contribution in [0.25, 0.3) is 22.5 Å². The summed E-state index contributed by atoms with van der Waals surface area (Å²) in [7, 11) is 0. The molecule has 1 fully saturated rings. The van der Waals surface area contributed by atoms with Crippen LogP contribution in [-0.2, 0) is 28.5 Å². The standard InChI is InChI=1S/C44H46N2O10/c1-3-41(47)53-27-9-7-25-51-35-21-23-37(45-29-35)31-13-17-33(18-14-31)43(49)55-39-11-5-6-12-40(39)56-44(50)34-19-15-32(16-20-34)38-24-22-36(30-46-38)52-26-8-10-28-54-42(48)4-2/h3-4,13-24,29-30,39-40H,1-2,5-12,25-28H2/t39-,40-/m1/s1. The SMILES string of the molecule is C=CC(=O)OCCCCOc1ccc(-c2ccc(C(=O)O[C@@H]3CCCC[C@H]3OC(=O)c3ccc(-c4ccc(OCCCCOC(=O)C=C)cn4)cc3)cc2)nc1. The Kier molecular flexibility index (Phi) is 15.7. The number of carbonyl (C=O) groups excluding carboxylic acids is 4. The van der Waals surface area contributed by atoms with E-state index in [1.54, 1.807) is 60.9 Å². The van der Waals surface area contributed by atoms with Crippen LogP contribution < -0.4 is 9.47 Å². The van der Waals surface area contributed by atoms with Crippen molar-refractivity contribution >= 4 is 23.9 Å². The van der Waals surface area contributed by atoms with Gasteiger partial charge in [0.25, 0.3) is 0 Å². The molecule has 0 N–H and O–H groups in total. The third-order valence-corrected chi connectivity index (χ3v) is 8.90. The van der Waals surface area contributed by atoms with E-state index in [0.29, 0.717) is 74.7 Å². The maximum atomic E-state index is 13.2. The first-order valence-electron chi connectivity index (χ1n) is 18.7. The number of pyridine rings is 2. The smallest absolute Gasteiger partial charge is 0.338 e. The fourth-order valence-corrected chi connectivity index (χ4v) is 5.82. The van der Waals surface area contributed by atoms with Gasteiger partial charge in [0.1, 0.15) is 23.7 Å². The maximum Gasteiger partial charge on any atom is 0.338 e. The molecule has 0 unspecified atom stereocenters. The van der Waals surface area contributed by atoms with Crippen LogP contribution in [0.2, 0.25) is 0 Å². The van der Waals surface area contributed by atoms with Gasteiger partial charge in [0.2, 0.25) is 0 Å². The normalized spacial score (nSPS) is 14.8. The van der Waals surface area contributed by atoms with Crippen molar-refractivity contribution in [1.29, 1.82) is 0 Å². The number of carbonyl (C=O) groups is 4. The lowest BCUT2D eigenvalue weighted by molar-refractivity contribution is -0.138. The van der Waals surface area contributed by atoms with Gasteiger partial charge in [-0.05, 0) is 99.9 Å². The molecule has 2 aromatic heterocycles. The van der Waals surface area contributed by atoms with Crippen molar-refractivity contribution in [1.82, 2.24) is 9.97 Å². The summed E-state index contributed by atoms with van der Waals surface area (Å²) in [5.41, 5.74) is 3.85. The molecule has 0 aliphatic heterocycles. The average Bonchev–Trinajstić information content (AvgIpc) is 3.24. The van der Waals surface area contributed by atoms with Crippen LogP contribution in [0, 0.1) is 0 Å². The summed E-state index contributed by atoms with van der Waals surface area (Å²) in [6, 6.07) is 21.3. The van der Waals surface area contributed by atoms with Gasteiger partial charge in [0, 0.05) is 23.3 Å². The van der Waals surface area contributed by atoms with Crippen molar-refractivity contribution in [3.05, 3.63) is 122 Å². The summed E-state index contributed by atoms with van der Waals surface area (Å²) in [4.78, 5) is 57.5. The summed E-state index contributed by atoms with van der Waals surface area (Å²) in [5.74, 6) is -0.597. The molecule has 4 aromatic rings. The largest absolute Gasteiger partial charge is 0.492 e. The highest BCUT2D eigenvalue weighted by molar-refractivity contribution is 5.91. The van der Waals surface area contributed by atoms with Crippen molar-refractivity contribution in [3.8, 4) is 34.0 Å². The number of esters is 4. The van der Waals surface area contributed by atoms with E-state index in [1.165, 1.54) is 0 Å².